The second-order valence-corrected chi connectivity index (χ2v) is 5.86. The second-order valence-electron chi connectivity index (χ2n) is 4.94. The second kappa shape index (κ2) is 5.89. The SMILES string of the molecule is Cn1cc(Br)cc1C(=O)NC1CCCCCC1O. The van der Waals surface area contributed by atoms with E-state index in [2.05, 4.69) is 21.2 Å². The first-order chi connectivity index (χ1) is 8.58. The summed E-state index contributed by atoms with van der Waals surface area (Å²) in [6.45, 7) is 0. The Kier molecular flexibility index (Phi) is 4.45. The maximum atomic E-state index is 12.1. The number of rotatable bonds is 2. The smallest absolute Gasteiger partial charge is 0.268 e. The number of amides is 1. The molecule has 0 radical (unpaired) electrons. The van der Waals surface area contributed by atoms with Gasteiger partial charge in [-0.1, -0.05) is 19.3 Å². The summed E-state index contributed by atoms with van der Waals surface area (Å²) < 4.78 is 2.67. The van der Waals surface area contributed by atoms with Gasteiger partial charge in [-0.3, -0.25) is 4.79 Å². The maximum Gasteiger partial charge on any atom is 0.268 e. The molecule has 1 saturated carbocycles. The van der Waals surface area contributed by atoms with Crippen molar-refractivity contribution in [1.82, 2.24) is 9.88 Å². The molecule has 1 heterocycles. The fraction of sp³-hybridized carbons (Fsp3) is 0.615. The van der Waals surface area contributed by atoms with Crippen molar-refractivity contribution in [2.24, 2.45) is 7.05 Å². The molecule has 2 rings (SSSR count). The number of hydrogen-bond acceptors (Lipinski definition) is 2. The van der Waals surface area contributed by atoms with Crippen molar-refractivity contribution in [1.29, 1.82) is 0 Å². The molecule has 0 bridgehead atoms. The molecule has 1 amide bonds. The lowest BCUT2D eigenvalue weighted by molar-refractivity contribution is 0.0811. The number of aryl methyl sites for hydroxylation is 1. The molecule has 1 aromatic heterocycles. The Hall–Kier alpha value is -0.810. The summed E-state index contributed by atoms with van der Waals surface area (Å²) in [6.07, 6.45) is 6.32. The number of aliphatic hydroxyl groups is 1. The van der Waals surface area contributed by atoms with E-state index in [1.165, 1.54) is 0 Å². The third-order valence-electron chi connectivity index (χ3n) is 3.50. The summed E-state index contributed by atoms with van der Waals surface area (Å²) in [6, 6.07) is 1.67. The van der Waals surface area contributed by atoms with E-state index in [4.69, 9.17) is 0 Å². The van der Waals surface area contributed by atoms with Gasteiger partial charge in [-0.2, -0.15) is 0 Å². The molecule has 18 heavy (non-hydrogen) atoms. The zero-order valence-electron chi connectivity index (χ0n) is 10.5. The van der Waals surface area contributed by atoms with Crippen molar-refractivity contribution in [3.63, 3.8) is 0 Å². The van der Waals surface area contributed by atoms with Crippen molar-refractivity contribution >= 4 is 21.8 Å². The predicted octanol–water partition coefficient (Wildman–Crippen LogP) is 2.21. The highest BCUT2D eigenvalue weighted by Gasteiger charge is 2.24. The van der Waals surface area contributed by atoms with E-state index in [1.54, 1.807) is 10.6 Å². The van der Waals surface area contributed by atoms with Crippen LogP contribution in [0.5, 0.6) is 0 Å². The number of carbonyl (C=O) groups excluding carboxylic acids is 1. The molecule has 0 aliphatic heterocycles. The summed E-state index contributed by atoms with van der Waals surface area (Å²) in [7, 11) is 1.84. The van der Waals surface area contributed by atoms with Gasteiger partial charge in [0.1, 0.15) is 5.69 Å². The third kappa shape index (κ3) is 3.14. The van der Waals surface area contributed by atoms with Gasteiger partial charge in [-0.25, -0.2) is 0 Å². The Morgan fingerprint density at radius 2 is 2.17 bits per heavy atom. The first-order valence-electron chi connectivity index (χ1n) is 6.38. The first kappa shape index (κ1) is 13.6. The lowest BCUT2D eigenvalue weighted by Crippen LogP contribution is -2.43. The van der Waals surface area contributed by atoms with Crippen LogP contribution in [0.2, 0.25) is 0 Å². The van der Waals surface area contributed by atoms with Crippen LogP contribution in [-0.2, 0) is 7.05 Å². The molecule has 1 aromatic rings. The molecular weight excluding hydrogens is 296 g/mol. The van der Waals surface area contributed by atoms with Gasteiger partial charge in [0.25, 0.3) is 5.91 Å². The van der Waals surface area contributed by atoms with Crippen molar-refractivity contribution < 1.29 is 9.90 Å². The number of carbonyl (C=O) groups is 1. The number of aliphatic hydroxyl groups excluding tert-OH is 1. The molecule has 5 heteroatoms. The van der Waals surface area contributed by atoms with Gasteiger partial charge in [0.2, 0.25) is 0 Å². The van der Waals surface area contributed by atoms with Gasteiger partial charge < -0.3 is 15.0 Å². The standard InChI is InChI=1S/C13H19BrN2O2/c1-16-8-9(14)7-11(16)13(18)15-10-5-3-2-4-6-12(10)17/h7-8,10,12,17H,2-6H2,1H3,(H,15,18). The van der Waals surface area contributed by atoms with Crippen LogP contribution in [0.25, 0.3) is 0 Å². The molecule has 100 valence electrons. The molecule has 0 saturated heterocycles. The van der Waals surface area contributed by atoms with Gasteiger partial charge in [0.05, 0.1) is 12.1 Å². The lowest BCUT2D eigenvalue weighted by Gasteiger charge is -2.21. The van der Waals surface area contributed by atoms with Gasteiger partial charge in [-0.15, -0.1) is 0 Å². The highest BCUT2D eigenvalue weighted by atomic mass is 79.9. The zero-order chi connectivity index (χ0) is 13.1. The van der Waals surface area contributed by atoms with Crippen molar-refractivity contribution in [3.8, 4) is 0 Å². The molecular formula is C13H19BrN2O2. The quantitative estimate of drug-likeness (QED) is 0.822. The summed E-state index contributed by atoms with van der Waals surface area (Å²) in [5.74, 6) is -0.117. The number of nitrogens with one attached hydrogen (secondary N) is 1. The zero-order valence-corrected chi connectivity index (χ0v) is 12.1. The van der Waals surface area contributed by atoms with E-state index in [9.17, 15) is 9.90 Å². The Labute approximate surface area is 116 Å². The monoisotopic (exact) mass is 314 g/mol. The minimum Gasteiger partial charge on any atom is -0.391 e. The van der Waals surface area contributed by atoms with E-state index in [0.29, 0.717) is 5.69 Å². The molecule has 1 fully saturated rings. The molecule has 1 aliphatic rings. The van der Waals surface area contributed by atoms with E-state index in [0.717, 1.165) is 36.6 Å². The van der Waals surface area contributed by atoms with E-state index in [1.807, 2.05) is 13.2 Å². The molecule has 2 N–H and O–H groups in total. The fourth-order valence-electron chi connectivity index (χ4n) is 2.45. The van der Waals surface area contributed by atoms with Gasteiger partial charge in [-0.05, 0) is 34.8 Å². The van der Waals surface area contributed by atoms with E-state index < -0.39 is 6.10 Å². The average molecular weight is 315 g/mol. The van der Waals surface area contributed by atoms with Crippen LogP contribution in [-0.4, -0.2) is 27.7 Å². The minimum absolute atomic E-state index is 0.117. The maximum absolute atomic E-state index is 12.1. The Bertz CT molecular complexity index is 431. The Morgan fingerprint density at radius 3 is 2.83 bits per heavy atom. The van der Waals surface area contributed by atoms with E-state index in [-0.39, 0.29) is 11.9 Å². The van der Waals surface area contributed by atoms with Crippen LogP contribution in [0, 0.1) is 0 Å². The van der Waals surface area contributed by atoms with Gasteiger partial charge in [0.15, 0.2) is 0 Å². The fourth-order valence-corrected chi connectivity index (χ4v) is 2.97. The minimum atomic E-state index is -0.417. The van der Waals surface area contributed by atoms with Crippen molar-refractivity contribution in [2.75, 3.05) is 0 Å². The largest absolute Gasteiger partial charge is 0.391 e. The summed E-state index contributed by atoms with van der Waals surface area (Å²) >= 11 is 3.35. The lowest BCUT2D eigenvalue weighted by atomic mass is 10.1. The molecule has 0 aromatic carbocycles. The van der Waals surface area contributed by atoms with Gasteiger partial charge >= 0.3 is 0 Å². The van der Waals surface area contributed by atoms with Crippen LogP contribution in [0.15, 0.2) is 16.7 Å². The van der Waals surface area contributed by atoms with Crippen LogP contribution >= 0.6 is 15.9 Å². The topological polar surface area (TPSA) is 54.3 Å². The van der Waals surface area contributed by atoms with Crippen LogP contribution in [0.4, 0.5) is 0 Å². The summed E-state index contributed by atoms with van der Waals surface area (Å²) in [5, 5.41) is 12.9. The highest BCUT2D eigenvalue weighted by molar-refractivity contribution is 9.10. The molecule has 0 spiro atoms. The third-order valence-corrected chi connectivity index (χ3v) is 3.93. The summed E-state index contributed by atoms with van der Waals surface area (Å²) in [4.78, 5) is 12.1. The molecule has 2 atom stereocenters. The normalized spacial score (nSPS) is 24.6. The number of nitrogens with zero attached hydrogens (tertiary/aromatic N) is 1. The molecule has 4 nitrogen and oxygen atoms in total. The number of hydrogen-bond donors (Lipinski definition) is 2. The van der Waals surface area contributed by atoms with Crippen molar-refractivity contribution in [3.05, 3.63) is 22.4 Å². The number of aromatic nitrogens is 1. The van der Waals surface area contributed by atoms with Crippen molar-refractivity contribution in [2.45, 2.75) is 44.2 Å². The first-order valence-corrected chi connectivity index (χ1v) is 7.18. The number of halogens is 1. The van der Waals surface area contributed by atoms with Crippen LogP contribution < -0.4 is 5.32 Å². The van der Waals surface area contributed by atoms with E-state index >= 15 is 0 Å². The van der Waals surface area contributed by atoms with Crippen LogP contribution in [0.1, 0.15) is 42.6 Å². The Balaban J connectivity index is 2.04. The highest BCUT2D eigenvalue weighted by Crippen LogP contribution is 2.19. The molecule has 1 aliphatic carbocycles. The Morgan fingerprint density at radius 1 is 1.44 bits per heavy atom. The molecule has 2 unspecified atom stereocenters. The average Bonchev–Trinajstić information content (AvgIpc) is 2.52. The predicted molar refractivity (Wildman–Crippen MR) is 73.5 cm³/mol. The van der Waals surface area contributed by atoms with Crippen LogP contribution in [0.3, 0.4) is 0 Å². The van der Waals surface area contributed by atoms with Gasteiger partial charge in [0, 0.05) is 17.7 Å². The summed E-state index contributed by atoms with van der Waals surface area (Å²) in [5.41, 5.74) is 0.610.